The topological polar surface area (TPSA) is 287 Å². The molecule has 2 aliphatic carbocycles. The Morgan fingerprint density at radius 2 is 1.19 bits per heavy atom. The Bertz CT molecular complexity index is 3450. The molecule has 2 saturated heterocycles. The molecule has 6 heterocycles. The molecule has 0 spiro atoms. The highest BCUT2D eigenvalue weighted by molar-refractivity contribution is 7.19. The van der Waals surface area contributed by atoms with Crippen molar-refractivity contribution >= 4 is 79.9 Å². The number of para-hydroxylation sites is 2. The lowest BCUT2D eigenvalue weighted by Gasteiger charge is -2.44. The summed E-state index contributed by atoms with van der Waals surface area (Å²) < 4.78 is 51.2. The third-order valence-electron chi connectivity index (χ3n) is 15.3. The summed E-state index contributed by atoms with van der Waals surface area (Å²) in [6.07, 6.45) is -3.87. The van der Waals surface area contributed by atoms with E-state index >= 15 is 0 Å². The predicted molar refractivity (Wildman–Crippen MR) is 314 cm³/mol. The highest BCUT2D eigenvalue weighted by Crippen LogP contribution is 2.40. The number of hydrogen-bond donors (Lipinski definition) is 8. The number of aliphatic carboxylic acids is 1. The number of hydrogen-bond acceptors (Lipinski definition) is 15. The maximum absolute atomic E-state index is 13.5. The summed E-state index contributed by atoms with van der Waals surface area (Å²) in [6.45, 7) is 14.4. The molecule has 4 aliphatic rings. The van der Waals surface area contributed by atoms with Crippen LogP contribution in [0.5, 0.6) is 0 Å². The second-order valence-corrected chi connectivity index (χ2v) is 26.3. The Morgan fingerprint density at radius 1 is 0.706 bits per heavy atom. The Kier molecular flexibility index (Phi) is 18.2. The van der Waals surface area contributed by atoms with Gasteiger partial charge in [0.25, 0.3) is 6.85 Å². The largest absolute Gasteiger partial charge is 0.480 e. The van der Waals surface area contributed by atoms with Crippen molar-refractivity contribution in [2.24, 2.45) is 11.8 Å². The number of aryl methyl sites for hydroxylation is 2. The van der Waals surface area contributed by atoms with E-state index in [1.54, 1.807) is 39.8 Å². The molecule has 11 rings (SSSR count). The van der Waals surface area contributed by atoms with Crippen LogP contribution in [0.15, 0.2) is 78.9 Å². The number of rotatable bonds is 12. The molecule has 3 aromatic carbocycles. The zero-order valence-electron chi connectivity index (χ0n) is 48.4. The van der Waals surface area contributed by atoms with Crippen LogP contribution in [-0.4, -0.2) is 128 Å². The number of benzene rings is 3. The summed E-state index contributed by atoms with van der Waals surface area (Å²) in [5.41, 5.74) is 3.52. The van der Waals surface area contributed by atoms with Gasteiger partial charge in [0, 0.05) is 17.8 Å². The van der Waals surface area contributed by atoms with Gasteiger partial charge in [-0.3, -0.25) is 14.4 Å². The van der Waals surface area contributed by atoms with E-state index in [-0.39, 0.29) is 23.7 Å². The third-order valence-corrected chi connectivity index (χ3v) is 17.5. The van der Waals surface area contributed by atoms with Gasteiger partial charge in [0.1, 0.15) is 56.7 Å². The molecule has 4 amide bonds. The number of aliphatic hydroxyl groups excluding tert-OH is 2. The highest BCUT2D eigenvalue weighted by Gasteiger charge is 2.55. The van der Waals surface area contributed by atoms with Crippen LogP contribution in [0.25, 0.3) is 20.4 Å². The van der Waals surface area contributed by atoms with Crippen molar-refractivity contribution in [2.45, 2.75) is 166 Å². The van der Waals surface area contributed by atoms with E-state index in [4.69, 9.17) is 9.47 Å². The first-order valence-corrected chi connectivity index (χ1v) is 29.8. The van der Waals surface area contributed by atoms with E-state index in [1.807, 2.05) is 99.7 Å². The van der Waals surface area contributed by atoms with Crippen molar-refractivity contribution in [1.82, 2.24) is 50.7 Å². The van der Waals surface area contributed by atoms with Gasteiger partial charge >= 0.3 is 30.2 Å². The molecule has 2 aliphatic heterocycles. The first kappa shape index (κ1) is 62.1. The van der Waals surface area contributed by atoms with Gasteiger partial charge in [-0.05, 0) is 136 Å². The molecule has 8 atom stereocenters. The third kappa shape index (κ3) is 14.8. The van der Waals surface area contributed by atoms with Crippen molar-refractivity contribution in [3.05, 3.63) is 129 Å². The lowest BCUT2D eigenvalue weighted by molar-refractivity contribution is -0.175. The number of carbonyl (C=O) groups excluding carboxylic acids is 4. The summed E-state index contributed by atoms with van der Waals surface area (Å²) >= 11 is 2.64. The maximum atomic E-state index is 13.5. The summed E-state index contributed by atoms with van der Waals surface area (Å²) in [7, 11) is 0. The first-order valence-electron chi connectivity index (χ1n) is 28.2. The molecule has 26 heteroatoms. The molecule has 7 aromatic rings. The van der Waals surface area contributed by atoms with Crippen molar-refractivity contribution in [3.8, 4) is 0 Å². The monoisotopic (exact) mass is 1210 g/mol. The van der Waals surface area contributed by atoms with Gasteiger partial charge in [-0.1, -0.05) is 67.2 Å². The van der Waals surface area contributed by atoms with Crippen LogP contribution in [0.1, 0.15) is 117 Å². The SMILES string of the molecule is CC(C)(C)OC(=O)N[C@@]1(Cc2ccccc2)CCB2CC[C@@H](C(=O)O)N2C1=O.Cc1nc2c([nH]1)CC(C(NC(=O)C(F)(F)F)C(O)c1nc3ccccc3s1)C2.Cc1nc2c([nH]1)CC(C(NC(=O)OC(C)(C)C)C(O)c1nc3ccccc3s1)C2. The Hall–Kier alpha value is -7.42. The summed E-state index contributed by atoms with van der Waals surface area (Å²) in [5.74, 6) is -2.21. The molecule has 0 saturated carbocycles. The van der Waals surface area contributed by atoms with Gasteiger partial charge in [0.2, 0.25) is 5.91 Å². The van der Waals surface area contributed by atoms with E-state index in [9.17, 15) is 52.5 Å². The number of imidazole rings is 2. The number of aromatic nitrogens is 6. The quantitative estimate of drug-likeness (QED) is 0.0530. The Labute approximate surface area is 497 Å². The summed E-state index contributed by atoms with van der Waals surface area (Å²) in [4.78, 5) is 87.5. The van der Waals surface area contributed by atoms with Gasteiger partial charge in [-0.15, -0.1) is 22.7 Å². The van der Waals surface area contributed by atoms with E-state index in [2.05, 4.69) is 40.5 Å². The standard InChI is InChI=1S/C21H26N4O3S.C20H27BN2O5.C18H17F3N4O2S/c1-11-22-14-9-12(10-15(14)23-11)17(25-20(27)28-21(2,3)4)18(26)19-24-13-7-5-6-8-16(13)29-19;1-19(2,3)28-18(27)22-20(13-14-7-5-4-6-8-14)10-12-21-11-9-15(16(24)25)23(21)17(20)26;1-8-22-11-6-9(7-12(11)23-8)14(25-17(27)18(19,20)21)15(26)16-24-10-4-2-3-5-13(10)28-16/h5-8,12,17-18,26H,9-10H2,1-4H3,(H,22,23)(H,25,27);4-8,15H,9-13H2,1-3H3,(H,22,27)(H,24,25);2-5,9,14-15,26H,6-7H2,1H3,(H,22,23)(H,25,27)/t;15-,20+;/m.0./s1. The Morgan fingerprint density at radius 3 is 1.66 bits per heavy atom. The second kappa shape index (κ2) is 24.9. The van der Waals surface area contributed by atoms with Crippen LogP contribution in [0, 0.1) is 25.7 Å². The number of carboxylic acids is 1. The number of ether oxygens (including phenoxy) is 2. The molecule has 452 valence electrons. The highest BCUT2D eigenvalue weighted by atomic mass is 32.1. The number of nitrogens with zero attached hydrogens (tertiary/aromatic N) is 5. The van der Waals surface area contributed by atoms with Crippen molar-refractivity contribution in [2.75, 3.05) is 0 Å². The summed E-state index contributed by atoms with van der Waals surface area (Å²) in [6, 6.07) is 21.9. The van der Waals surface area contributed by atoms with Crippen molar-refractivity contribution in [3.63, 3.8) is 0 Å². The van der Waals surface area contributed by atoms with Crippen molar-refractivity contribution in [1.29, 1.82) is 0 Å². The fourth-order valence-electron chi connectivity index (χ4n) is 11.7. The fraction of sp³-hybridized carbons (Fsp3) is 0.475. The fourth-order valence-corrected chi connectivity index (χ4v) is 13.7. The number of amides is 4. The van der Waals surface area contributed by atoms with E-state index < -0.39 is 83.2 Å². The molecular weight excluding hydrogens is 1140 g/mol. The average Bonchev–Trinajstić information content (AvgIpc) is 3.27. The zero-order chi connectivity index (χ0) is 61.3. The molecule has 8 N–H and O–H groups in total. The number of carbonyl (C=O) groups is 5. The molecule has 0 radical (unpaired) electrons. The number of halogens is 3. The maximum Gasteiger partial charge on any atom is 0.471 e. The number of aromatic amines is 2. The van der Waals surface area contributed by atoms with E-state index in [1.165, 1.54) is 27.5 Å². The minimum atomic E-state index is -5.03. The first-order chi connectivity index (χ1) is 40.0. The molecule has 20 nitrogen and oxygen atoms in total. The van der Waals surface area contributed by atoms with Gasteiger partial charge in [0.15, 0.2) is 0 Å². The normalized spacial score (nSPS) is 19.4. The minimum absolute atomic E-state index is 0.00104. The molecule has 0 bridgehead atoms. The van der Waals surface area contributed by atoms with Gasteiger partial charge in [-0.25, -0.2) is 29.5 Å². The van der Waals surface area contributed by atoms with Gasteiger partial charge in [-0.2, -0.15) is 13.2 Å². The van der Waals surface area contributed by atoms with Crippen LogP contribution in [-0.2, 0) is 56.0 Å². The smallest absolute Gasteiger partial charge is 0.471 e. The van der Waals surface area contributed by atoms with Crippen LogP contribution >= 0.6 is 22.7 Å². The van der Waals surface area contributed by atoms with Gasteiger partial charge in [0.05, 0.1) is 43.9 Å². The number of H-pyrrole nitrogens is 2. The van der Waals surface area contributed by atoms with Crippen LogP contribution in [0.2, 0.25) is 12.6 Å². The summed E-state index contributed by atoms with van der Waals surface area (Å²) in [5, 5.41) is 40.2. The average molecular weight is 1210 g/mol. The van der Waals surface area contributed by atoms with Crippen LogP contribution in [0.4, 0.5) is 22.8 Å². The predicted octanol–water partition coefficient (Wildman–Crippen LogP) is 9.07. The molecule has 85 heavy (non-hydrogen) atoms. The molecule has 6 unspecified atom stereocenters. The Balaban J connectivity index is 0.000000153. The number of carboxylic acid groups (broad SMARTS) is 1. The lowest BCUT2D eigenvalue weighted by Crippen LogP contribution is -2.68. The lowest BCUT2D eigenvalue weighted by atomic mass is 9.51. The number of alkyl carbamates (subject to hydrolysis) is 2. The van der Waals surface area contributed by atoms with Crippen LogP contribution < -0.4 is 16.0 Å². The number of thiazole rings is 2. The number of aliphatic hydroxyl groups is 2. The molecule has 2 fully saturated rings. The van der Waals surface area contributed by atoms with E-state index in [0.29, 0.717) is 68.1 Å². The second-order valence-electron chi connectivity index (χ2n) is 24.1. The zero-order valence-corrected chi connectivity index (χ0v) is 50.0. The van der Waals surface area contributed by atoms with Crippen molar-refractivity contribution < 1.29 is 61.9 Å². The minimum Gasteiger partial charge on any atom is -0.480 e. The van der Waals surface area contributed by atoms with Gasteiger partial charge < -0.3 is 55.5 Å². The number of fused-ring (bicyclic) bond motifs is 5. The van der Waals surface area contributed by atoms with Crippen LogP contribution in [0.3, 0.4) is 0 Å². The number of alkyl halides is 3. The molecular formula is C59H70BF3N10O10S2. The number of nitrogens with one attached hydrogen (secondary N) is 5. The molecule has 4 aromatic heterocycles. The van der Waals surface area contributed by atoms with E-state index in [0.717, 1.165) is 54.9 Å².